The molecule has 9 heteroatoms. The van der Waals surface area contributed by atoms with Crippen molar-refractivity contribution in [1.82, 2.24) is 24.4 Å². The van der Waals surface area contributed by atoms with Crippen molar-refractivity contribution in [1.29, 1.82) is 0 Å². The third kappa shape index (κ3) is 5.07. The summed E-state index contributed by atoms with van der Waals surface area (Å²) in [6.45, 7) is 6.22. The molecule has 0 amide bonds. The predicted molar refractivity (Wildman–Crippen MR) is 161 cm³/mol. The molecule has 0 N–H and O–H groups in total. The Morgan fingerprint density at radius 1 is 0.927 bits per heavy atom. The fourth-order valence-electron chi connectivity index (χ4n) is 5.08. The van der Waals surface area contributed by atoms with Gasteiger partial charge in [0.1, 0.15) is 17.1 Å². The number of aromatic nitrogens is 5. The maximum absolute atomic E-state index is 13.5. The number of hydrogen-bond donors (Lipinski definition) is 0. The van der Waals surface area contributed by atoms with Crippen molar-refractivity contribution in [3.63, 3.8) is 0 Å². The Bertz CT molecular complexity index is 2050. The van der Waals surface area contributed by atoms with E-state index < -0.39 is 5.56 Å². The zero-order valence-electron chi connectivity index (χ0n) is 23.1. The third-order valence-electron chi connectivity index (χ3n) is 6.94. The monoisotopic (exact) mass is 561 g/mol. The molecule has 3 aromatic heterocycles. The van der Waals surface area contributed by atoms with Gasteiger partial charge in [0.2, 0.25) is 4.96 Å². The van der Waals surface area contributed by atoms with Gasteiger partial charge < -0.3 is 4.74 Å². The molecule has 8 nitrogen and oxygen atoms in total. The van der Waals surface area contributed by atoms with Gasteiger partial charge in [-0.3, -0.25) is 9.59 Å². The lowest BCUT2D eigenvalue weighted by atomic mass is 9.95. The van der Waals surface area contributed by atoms with Gasteiger partial charge in [0.15, 0.2) is 0 Å². The first-order valence-electron chi connectivity index (χ1n) is 13.1. The number of benzene rings is 3. The van der Waals surface area contributed by atoms with E-state index in [9.17, 15) is 9.59 Å². The van der Waals surface area contributed by atoms with Crippen LogP contribution in [-0.4, -0.2) is 31.5 Å². The quantitative estimate of drug-likeness (QED) is 0.299. The molecule has 0 fully saturated rings. The smallest absolute Gasteiger partial charge is 0.296 e. The summed E-state index contributed by atoms with van der Waals surface area (Å²) in [5, 5.41) is 9.37. The van der Waals surface area contributed by atoms with E-state index in [1.54, 1.807) is 7.11 Å². The highest BCUT2D eigenvalue weighted by molar-refractivity contribution is 7.15. The van der Waals surface area contributed by atoms with Crippen LogP contribution in [-0.2, 0) is 6.42 Å². The van der Waals surface area contributed by atoms with Crippen molar-refractivity contribution in [3.05, 3.63) is 132 Å². The summed E-state index contributed by atoms with van der Waals surface area (Å²) in [4.78, 5) is 30.8. The van der Waals surface area contributed by atoms with Crippen LogP contribution in [0.4, 0.5) is 0 Å². The molecule has 0 saturated heterocycles. The number of para-hydroxylation sites is 1. The molecule has 0 bridgehead atoms. The van der Waals surface area contributed by atoms with Crippen molar-refractivity contribution in [3.8, 4) is 22.7 Å². The molecule has 3 aromatic carbocycles. The summed E-state index contributed by atoms with van der Waals surface area (Å²) in [6, 6.07) is 21.5. The summed E-state index contributed by atoms with van der Waals surface area (Å²) in [5.74, 6) is 0.720. The van der Waals surface area contributed by atoms with Crippen LogP contribution in [0.25, 0.3) is 28.0 Å². The SMILES string of the molecule is COc1ccc(Cc2nn3c(=O)/c(=C/c4cn(-c5ccccc5)nc4-c4c(C)cc(C)cc4C)sc3nc2=O)cc1. The van der Waals surface area contributed by atoms with E-state index in [0.717, 1.165) is 56.3 Å². The Labute approximate surface area is 239 Å². The molecule has 0 atom stereocenters. The first kappa shape index (κ1) is 26.3. The number of aryl methyl sites for hydroxylation is 3. The Hall–Kier alpha value is -4.89. The van der Waals surface area contributed by atoms with E-state index in [1.807, 2.05) is 71.6 Å². The van der Waals surface area contributed by atoms with Crippen molar-refractivity contribution >= 4 is 22.4 Å². The van der Waals surface area contributed by atoms with Crippen LogP contribution >= 0.6 is 11.3 Å². The summed E-state index contributed by atoms with van der Waals surface area (Å²) < 4.78 is 8.67. The minimum absolute atomic E-state index is 0.206. The fourth-order valence-corrected chi connectivity index (χ4v) is 5.98. The maximum Gasteiger partial charge on any atom is 0.296 e. The molecule has 3 heterocycles. The molecule has 204 valence electrons. The summed E-state index contributed by atoms with van der Waals surface area (Å²) >= 11 is 1.14. The van der Waals surface area contributed by atoms with Gasteiger partial charge in [0, 0.05) is 23.7 Å². The number of rotatable bonds is 6. The molecule has 0 aliphatic heterocycles. The molecule has 0 unspecified atom stereocenters. The lowest BCUT2D eigenvalue weighted by molar-refractivity contribution is 0.414. The first-order chi connectivity index (χ1) is 19.8. The Morgan fingerprint density at radius 3 is 2.32 bits per heavy atom. The second-order valence-electron chi connectivity index (χ2n) is 9.99. The average Bonchev–Trinajstić information content (AvgIpc) is 3.50. The second-order valence-corrected chi connectivity index (χ2v) is 11.0. The van der Waals surface area contributed by atoms with Crippen LogP contribution in [0.1, 0.15) is 33.5 Å². The standard InChI is InChI=1S/C32H27N5O3S/c1-19-14-20(2)28(21(3)15-19)29-23(18-36(35-29)24-8-6-5-7-9-24)17-27-31(39)37-32(41-27)33-30(38)26(34-37)16-22-10-12-25(40-4)13-11-22/h5-15,17-18H,16H2,1-4H3/b27-17-. The zero-order valence-corrected chi connectivity index (χ0v) is 23.9. The summed E-state index contributed by atoms with van der Waals surface area (Å²) in [5.41, 5.74) is 7.18. The molecule has 0 aliphatic rings. The fraction of sp³-hybridized carbons (Fsp3) is 0.156. The Balaban J connectivity index is 1.49. The summed E-state index contributed by atoms with van der Waals surface area (Å²) in [7, 11) is 1.60. The van der Waals surface area contributed by atoms with Gasteiger partial charge >= 0.3 is 0 Å². The van der Waals surface area contributed by atoms with Crippen LogP contribution in [0.15, 0.2) is 82.5 Å². The van der Waals surface area contributed by atoms with Crippen molar-refractivity contribution < 1.29 is 4.74 Å². The highest BCUT2D eigenvalue weighted by atomic mass is 32.1. The molecule has 0 radical (unpaired) electrons. The van der Waals surface area contributed by atoms with Gasteiger partial charge in [-0.25, -0.2) is 4.68 Å². The molecule has 6 rings (SSSR count). The topological polar surface area (TPSA) is 91.4 Å². The van der Waals surface area contributed by atoms with Gasteiger partial charge in [-0.15, -0.1) is 0 Å². The lowest BCUT2D eigenvalue weighted by Gasteiger charge is -2.10. The Kier molecular flexibility index (Phi) is 6.80. The largest absolute Gasteiger partial charge is 0.497 e. The molecular weight excluding hydrogens is 534 g/mol. The number of ether oxygens (including phenoxy) is 1. The van der Waals surface area contributed by atoms with E-state index in [-0.39, 0.29) is 22.6 Å². The van der Waals surface area contributed by atoms with Gasteiger partial charge in [0.05, 0.1) is 17.3 Å². The first-order valence-corrected chi connectivity index (χ1v) is 13.9. The van der Waals surface area contributed by atoms with Crippen molar-refractivity contribution in [2.75, 3.05) is 7.11 Å². The highest BCUT2D eigenvalue weighted by Gasteiger charge is 2.17. The van der Waals surface area contributed by atoms with E-state index in [4.69, 9.17) is 9.84 Å². The average molecular weight is 562 g/mol. The number of thiazole rings is 1. The molecule has 41 heavy (non-hydrogen) atoms. The normalized spacial score (nSPS) is 11.9. The number of methoxy groups -OCH3 is 1. The van der Waals surface area contributed by atoms with Crippen molar-refractivity contribution in [2.24, 2.45) is 0 Å². The van der Waals surface area contributed by atoms with Gasteiger partial charge in [-0.05, 0) is 67.8 Å². The lowest BCUT2D eigenvalue weighted by Crippen LogP contribution is -2.28. The maximum atomic E-state index is 13.5. The van der Waals surface area contributed by atoms with E-state index in [2.05, 4.69) is 43.0 Å². The molecular formula is C32H27N5O3S. The third-order valence-corrected chi connectivity index (χ3v) is 7.90. The van der Waals surface area contributed by atoms with Crippen LogP contribution in [0.5, 0.6) is 5.75 Å². The predicted octanol–water partition coefficient (Wildman–Crippen LogP) is 4.44. The zero-order chi connectivity index (χ0) is 28.7. The molecule has 0 saturated carbocycles. The van der Waals surface area contributed by atoms with Crippen molar-refractivity contribution in [2.45, 2.75) is 27.2 Å². The van der Waals surface area contributed by atoms with E-state index in [0.29, 0.717) is 4.53 Å². The van der Waals surface area contributed by atoms with Crippen LogP contribution in [0, 0.1) is 20.8 Å². The molecule has 0 aliphatic carbocycles. The van der Waals surface area contributed by atoms with E-state index in [1.165, 1.54) is 10.1 Å². The van der Waals surface area contributed by atoms with Gasteiger partial charge in [0.25, 0.3) is 11.1 Å². The van der Waals surface area contributed by atoms with Crippen LogP contribution in [0.2, 0.25) is 0 Å². The number of hydrogen-bond acceptors (Lipinski definition) is 7. The van der Waals surface area contributed by atoms with Crippen LogP contribution in [0.3, 0.4) is 0 Å². The molecule has 0 spiro atoms. The van der Waals surface area contributed by atoms with Gasteiger partial charge in [-0.2, -0.15) is 19.7 Å². The highest BCUT2D eigenvalue weighted by Crippen LogP contribution is 2.31. The Morgan fingerprint density at radius 2 is 1.63 bits per heavy atom. The van der Waals surface area contributed by atoms with E-state index >= 15 is 0 Å². The molecule has 6 aromatic rings. The van der Waals surface area contributed by atoms with Gasteiger partial charge in [-0.1, -0.05) is 59.4 Å². The van der Waals surface area contributed by atoms with Crippen LogP contribution < -0.4 is 20.4 Å². The second kappa shape index (κ2) is 10.6. The summed E-state index contributed by atoms with van der Waals surface area (Å²) in [6.07, 6.45) is 4.00. The number of fused-ring (bicyclic) bond motifs is 1. The minimum Gasteiger partial charge on any atom is -0.497 e. The number of nitrogens with zero attached hydrogens (tertiary/aromatic N) is 5. The minimum atomic E-state index is -0.447.